The lowest BCUT2D eigenvalue weighted by molar-refractivity contribution is -0.225. The number of carboxylic acid groups (broad SMARTS) is 1. The molecule has 0 spiro atoms. The second-order valence-electron chi connectivity index (χ2n) is 5.56. The Morgan fingerprint density at radius 3 is 2.19 bits per heavy atom. The highest BCUT2D eigenvalue weighted by molar-refractivity contribution is 5.72. The molecule has 7 heteroatoms. The summed E-state index contributed by atoms with van der Waals surface area (Å²) >= 11 is 0. The molecule has 0 aromatic rings. The number of ether oxygens (including phenoxy) is 3. The number of aliphatic carboxylic acids is 1. The molecule has 0 amide bonds. The normalized spacial score (nSPS) is 26.6. The number of aliphatic hydroxyl groups is 1. The van der Waals surface area contributed by atoms with Gasteiger partial charge in [0.25, 0.3) is 0 Å². The van der Waals surface area contributed by atoms with Crippen LogP contribution in [0.3, 0.4) is 0 Å². The summed E-state index contributed by atoms with van der Waals surface area (Å²) < 4.78 is 14.7. The van der Waals surface area contributed by atoms with Gasteiger partial charge in [-0.05, 0) is 6.92 Å². The molecule has 1 aliphatic rings. The summed E-state index contributed by atoms with van der Waals surface area (Å²) in [4.78, 5) is 20.9. The van der Waals surface area contributed by atoms with E-state index in [-0.39, 0.29) is 24.2 Å². The zero-order chi connectivity index (χ0) is 16.8. The molecule has 3 unspecified atom stereocenters. The van der Waals surface area contributed by atoms with Crippen LogP contribution in [-0.4, -0.2) is 47.9 Å². The van der Waals surface area contributed by atoms with Crippen molar-refractivity contribution >= 4 is 11.9 Å². The first-order valence-corrected chi connectivity index (χ1v) is 6.74. The Kier molecular flexibility index (Phi) is 7.29. The standard InChI is InChI=1S/C8H16O4.C6H10O3/c1-6(5-7(9)10)8(2,11-3)12-4;1-4-3-5(7)9-6(4,2)8/h6H,5H2,1-4H3,(H,9,10);4,8H,3H2,1-2H3. The van der Waals surface area contributed by atoms with Crippen LogP contribution in [0.2, 0.25) is 0 Å². The first kappa shape index (κ1) is 19.8. The van der Waals surface area contributed by atoms with E-state index in [1.807, 2.05) is 0 Å². The van der Waals surface area contributed by atoms with Gasteiger partial charge in [0, 0.05) is 33.0 Å². The van der Waals surface area contributed by atoms with Crippen LogP contribution in [0.15, 0.2) is 0 Å². The molecule has 1 aliphatic heterocycles. The van der Waals surface area contributed by atoms with Gasteiger partial charge >= 0.3 is 11.9 Å². The number of esters is 1. The largest absolute Gasteiger partial charge is 0.481 e. The van der Waals surface area contributed by atoms with E-state index in [4.69, 9.17) is 14.6 Å². The summed E-state index contributed by atoms with van der Waals surface area (Å²) in [5, 5.41) is 17.7. The quantitative estimate of drug-likeness (QED) is 0.584. The molecule has 1 fully saturated rings. The lowest BCUT2D eigenvalue weighted by atomic mass is 9.98. The smallest absolute Gasteiger partial charge is 0.308 e. The first-order valence-electron chi connectivity index (χ1n) is 6.74. The third kappa shape index (κ3) is 5.99. The highest BCUT2D eigenvalue weighted by Crippen LogP contribution is 2.29. The number of carbonyl (C=O) groups excluding carboxylic acids is 1. The van der Waals surface area contributed by atoms with Gasteiger partial charge in [0.1, 0.15) is 0 Å². The topological polar surface area (TPSA) is 102 Å². The van der Waals surface area contributed by atoms with E-state index in [0.29, 0.717) is 6.42 Å². The van der Waals surface area contributed by atoms with Crippen molar-refractivity contribution in [2.75, 3.05) is 14.2 Å². The number of carbonyl (C=O) groups is 2. The fraction of sp³-hybridized carbons (Fsp3) is 0.857. The Bertz CT molecular complexity index is 360. The Balaban J connectivity index is 0.000000394. The summed E-state index contributed by atoms with van der Waals surface area (Å²) in [5.41, 5.74) is 0. The molecule has 0 aromatic carbocycles. The Labute approximate surface area is 125 Å². The minimum atomic E-state index is -1.23. The van der Waals surface area contributed by atoms with Crippen molar-refractivity contribution in [3.8, 4) is 0 Å². The van der Waals surface area contributed by atoms with Crippen molar-refractivity contribution < 1.29 is 34.0 Å². The minimum absolute atomic E-state index is 0.0399. The van der Waals surface area contributed by atoms with E-state index in [0.717, 1.165) is 0 Å². The van der Waals surface area contributed by atoms with Crippen LogP contribution in [0.25, 0.3) is 0 Å². The molecule has 2 N–H and O–H groups in total. The van der Waals surface area contributed by atoms with E-state index < -0.39 is 17.5 Å². The number of cyclic esters (lactones) is 1. The van der Waals surface area contributed by atoms with Gasteiger partial charge in [-0.3, -0.25) is 9.59 Å². The van der Waals surface area contributed by atoms with Crippen molar-refractivity contribution in [1.29, 1.82) is 0 Å². The van der Waals surface area contributed by atoms with E-state index in [1.54, 1.807) is 20.8 Å². The molecular formula is C14H26O7. The zero-order valence-electron chi connectivity index (χ0n) is 13.5. The molecule has 3 atom stereocenters. The van der Waals surface area contributed by atoms with E-state index in [1.165, 1.54) is 21.1 Å². The third-order valence-corrected chi connectivity index (χ3v) is 3.89. The molecule has 0 aliphatic carbocycles. The Morgan fingerprint density at radius 2 is 2.00 bits per heavy atom. The maximum atomic E-state index is 10.5. The van der Waals surface area contributed by atoms with Crippen LogP contribution in [-0.2, 0) is 23.8 Å². The van der Waals surface area contributed by atoms with Gasteiger partial charge in [0.05, 0.1) is 12.8 Å². The van der Waals surface area contributed by atoms with Crippen molar-refractivity contribution in [3.05, 3.63) is 0 Å². The molecule has 0 bridgehead atoms. The average Bonchev–Trinajstić information content (AvgIpc) is 2.59. The third-order valence-electron chi connectivity index (χ3n) is 3.89. The highest BCUT2D eigenvalue weighted by Gasteiger charge is 2.40. The highest BCUT2D eigenvalue weighted by atomic mass is 16.7. The lowest BCUT2D eigenvalue weighted by Gasteiger charge is -2.31. The monoisotopic (exact) mass is 306 g/mol. The van der Waals surface area contributed by atoms with E-state index >= 15 is 0 Å². The van der Waals surface area contributed by atoms with Gasteiger partial charge in [-0.1, -0.05) is 13.8 Å². The summed E-state index contributed by atoms with van der Waals surface area (Å²) in [6.45, 7) is 6.79. The Hall–Kier alpha value is -1.18. The van der Waals surface area contributed by atoms with Crippen molar-refractivity contribution in [2.24, 2.45) is 11.8 Å². The maximum absolute atomic E-state index is 10.5. The van der Waals surface area contributed by atoms with Gasteiger partial charge in [-0.25, -0.2) is 0 Å². The predicted molar refractivity (Wildman–Crippen MR) is 74.3 cm³/mol. The SMILES string of the molecule is CC1CC(=O)OC1(C)O.COC(C)(OC)C(C)CC(=O)O. The molecule has 1 saturated heterocycles. The second-order valence-corrected chi connectivity index (χ2v) is 5.56. The van der Waals surface area contributed by atoms with Gasteiger partial charge in [0.15, 0.2) is 5.79 Å². The number of hydrogen-bond donors (Lipinski definition) is 2. The van der Waals surface area contributed by atoms with Crippen LogP contribution < -0.4 is 0 Å². The maximum Gasteiger partial charge on any atom is 0.308 e. The molecular weight excluding hydrogens is 280 g/mol. The van der Waals surface area contributed by atoms with Gasteiger partial charge in [-0.15, -0.1) is 0 Å². The molecule has 0 saturated carbocycles. The van der Waals surface area contributed by atoms with Crippen LogP contribution in [0.1, 0.15) is 40.5 Å². The summed E-state index contributed by atoms with van der Waals surface area (Å²) in [6, 6.07) is 0. The molecule has 0 radical (unpaired) electrons. The molecule has 1 rings (SSSR count). The number of carboxylic acids is 1. The fourth-order valence-electron chi connectivity index (χ4n) is 1.75. The van der Waals surface area contributed by atoms with Crippen molar-refractivity contribution in [3.63, 3.8) is 0 Å². The minimum Gasteiger partial charge on any atom is -0.481 e. The molecule has 7 nitrogen and oxygen atoms in total. The number of rotatable bonds is 5. The van der Waals surface area contributed by atoms with Crippen molar-refractivity contribution in [1.82, 2.24) is 0 Å². The van der Waals surface area contributed by atoms with Gasteiger partial charge in [-0.2, -0.15) is 0 Å². The van der Waals surface area contributed by atoms with Crippen LogP contribution in [0.4, 0.5) is 0 Å². The lowest BCUT2D eigenvalue weighted by Crippen LogP contribution is -2.38. The number of hydrogen-bond acceptors (Lipinski definition) is 6. The fourth-order valence-corrected chi connectivity index (χ4v) is 1.75. The molecule has 124 valence electrons. The second kappa shape index (κ2) is 7.72. The zero-order valence-corrected chi connectivity index (χ0v) is 13.5. The average molecular weight is 306 g/mol. The van der Waals surface area contributed by atoms with Crippen LogP contribution in [0.5, 0.6) is 0 Å². The predicted octanol–water partition coefficient (Wildman–Crippen LogP) is 1.38. The van der Waals surface area contributed by atoms with Crippen LogP contribution >= 0.6 is 0 Å². The van der Waals surface area contributed by atoms with E-state index in [9.17, 15) is 14.7 Å². The summed E-state index contributed by atoms with van der Waals surface area (Å²) in [5.74, 6) is -3.44. The van der Waals surface area contributed by atoms with Crippen LogP contribution in [0, 0.1) is 11.8 Å². The molecule has 21 heavy (non-hydrogen) atoms. The Morgan fingerprint density at radius 1 is 1.52 bits per heavy atom. The summed E-state index contributed by atoms with van der Waals surface area (Å²) in [7, 11) is 3.00. The number of methoxy groups -OCH3 is 2. The van der Waals surface area contributed by atoms with Gasteiger partial charge in [0.2, 0.25) is 5.79 Å². The molecule has 0 aromatic heterocycles. The summed E-state index contributed by atoms with van der Waals surface area (Å²) in [6.07, 6.45) is 0.366. The van der Waals surface area contributed by atoms with Crippen molar-refractivity contribution in [2.45, 2.75) is 52.1 Å². The molecule has 1 heterocycles. The van der Waals surface area contributed by atoms with Gasteiger partial charge < -0.3 is 24.4 Å². The van der Waals surface area contributed by atoms with E-state index in [2.05, 4.69) is 4.74 Å². The first-order chi connectivity index (χ1) is 9.48.